The van der Waals surface area contributed by atoms with Crippen molar-refractivity contribution in [2.75, 3.05) is 13.1 Å². The van der Waals surface area contributed by atoms with E-state index in [1.54, 1.807) is 6.92 Å². The Labute approximate surface area is 138 Å². The average molecular weight is 337 g/mol. The van der Waals surface area contributed by atoms with E-state index < -0.39 is 0 Å². The van der Waals surface area contributed by atoms with E-state index in [1.807, 2.05) is 0 Å². The lowest BCUT2D eigenvalue weighted by Crippen LogP contribution is -2.32. The molecular formula is C16H17ClN2O4. The number of halogens is 1. The van der Waals surface area contributed by atoms with E-state index in [1.165, 1.54) is 12.1 Å². The summed E-state index contributed by atoms with van der Waals surface area (Å²) in [6, 6.07) is 2.64. The second kappa shape index (κ2) is 6.22. The van der Waals surface area contributed by atoms with Gasteiger partial charge in [-0.15, -0.1) is 0 Å². The summed E-state index contributed by atoms with van der Waals surface area (Å²) in [6.07, 6.45) is 1.23. The number of carbonyl (C=O) groups excluding carboxylic acids is 1. The normalized spacial score (nSPS) is 14.7. The van der Waals surface area contributed by atoms with Gasteiger partial charge in [0.15, 0.2) is 5.76 Å². The lowest BCUT2D eigenvalue weighted by molar-refractivity contribution is -0.117. The van der Waals surface area contributed by atoms with Crippen LogP contribution in [-0.4, -0.2) is 39.1 Å². The number of Topliss-reactive ketones (excluding diaryl/α,β-unsaturated/α-hetero) is 1. The first-order valence-electron chi connectivity index (χ1n) is 7.36. The van der Waals surface area contributed by atoms with Gasteiger partial charge in [0.1, 0.15) is 17.3 Å². The van der Waals surface area contributed by atoms with Gasteiger partial charge in [0.25, 0.3) is 0 Å². The minimum Gasteiger partial charge on any atom is -0.507 e. The van der Waals surface area contributed by atoms with Gasteiger partial charge in [-0.1, -0.05) is 16.8 Å². The minimum absolute atomic E-state index is 0.119. The second-order valence-corrected chi connectivity index (χ2v) is 6.14. The smallest absolute Gasteiger partial charge is 0.175 e. The zero-order valence-corrected chi connectivity index (χ0v) is 13.4. The number of aromatic hydroxyl groups is 2. The van der Waals surface area contributed by atoms with Gasteiger partial charge in [0.2, 0.25) is 0 Å². The summed E-state index contributed by atoms with van der Waals surface area (Å²) < 4.78 is 5.41. The molecule has 1 aromatic carbocycles. The van der Waals surface area contributed by atoms with Crippen LogP contribution in [0.4, 0.5) is 0 Å². The number of phenolic OH excluding ortho intramolecular Hbond substituents is 2. The van der Waals surface area contributed by atoms with Crippen molar-refractivity contribution in [1.29, 1.82) is 0 Å². The van der Waals surface area contributed by atoms with E-state index in [-0.39, 0.29) is 22.3 Å². The van der Waals surface area contributed by atoms with Crippen LogP contribution in [0.1, 0.15) is 24.6 Å². The van der Waals surface area contributed by atoms with Gasteiger partial charge in [-0.05, 0) is 13.0 Å². The third-order valence-corrected chi connectivity index (χ3v) is 4.31. The highest BCUT2D eigenvalue weighted by molar-refractivity contribution is 6.32. The summed E-state index contributed by atoms with van der Waals surface area (Å²) in [5.74, 6) is 0.298. The first-order chi connectivity index (χ1) is 11.0. The van der Waals surface area contributed by atoms with Crippen LogP contribution in [0.25, 0.3) is 11.3 Å². The molecule has 0 unspecified atom stereocenters. The maximum Gasteiger partial charge on any atom is 0.175 e. The first kappa shape index (κ1) is 15.8. The summed E-state index contributed by atoms with van der Waals surface area (Å²) in [7, 11) is 0. The van der Waals surface area contributed by atoms with Crippen LogP contribution in [0.15, 0.2) is 16.7 Å². The summed E-state index contributed by atoms with van der Waals surface area (Å²) in [4.78, 5) is 13.3. The van der Waals surface area contributed by atoms with E-state index in [9.17, 15) is 15.0 Å². The quantitative estimate of drug-likeness (QED) is 0.892. The molecule has 3 rings (SSSR count). The number of nitrogens with zero attached hydrogens (tertiary/aromatic N) is 2. The molecule has 1 aliphatic heterocycles. The lowest BCUT2D eigenvalue weighted by atomic mass is 10.0. The number of aromatic nitrogens is 1. The van der Waals surface area contributed by atoms with E-state index >= 15 is 0 Å². The van der Waals surface area contributed by atoms with E-state index in [0.717, 1.165) is 24.2 Å². The second-order valence-electron chi connectivity index (χ2n) is 5.74. The highest BCUT2D eigenvalue weighted by Crippen LogP contribution is 2.40. The number of fused-ring (bicyclic) bond motifs is 1. The van der Waals surface area contributed by atoms with Crippen molar-refractivity contribution >= 4 is 17.4 Å². The number of carbonyl (C=O) groups is 1. The summed E-state index contributed by atoms with van der Waals surface area (Å²) in [5, 5.41) is 23.8. The molecule has 0 atom stereocenters. The zero-order valence-electron chi connectivity index (χ0n) is 12.7. The standard InChI is InChI=1S/C16H17ClN2O4/c1-9(20)2-4-19-5-3-13-11(8-19)16(23-18-13)10-6-12(17)15(22)7-14(10)21/h6-7,21-22H,2-5,8H2,1H3. The van der Waals surface area contributed by atoms with E-state index in [4.69, 9.17) is 16.1 Å². The van der Waals surface area contributed by atoms with Gasteiger partial charge >= 0.3 is 0 Å². The molecule has 0 saturated heterocycles. The Kier molecular flexibility index (Phi) is 4.28. The highest BCUT2D eigenvalue weighted by Gasteiger charge is 2.26. The number of phenols is 2. The number of rotatable bonds is 4. The fourth-order valence-corrected chi connectivity index (χ4v) is 2.88. The highest BCUT2D eigenvalue weighted by atomic mass is 35.5. The molecule has 23 heavy (non-hydrogen) atoms. The number of benzene rings is 1. The van der Waals surface area contributed by atoms with Crippen LogP contribution in [0, 0.1) is 0 Å². The summed E-state index contributed by atoms with van der Waals surface area (Å²) in [6.45, 7) is 3.67. The molecule has 0 aliphatic carbocycles. The molecule has 2 aromatic rings. The molecule has 1 aliphatic rings. The molecule has 122 valence electrons. The number of ketones is 1. The van der Waals surface area contributed by atoms with E-state index in [0.29, 0.717) is 30.8 Å². The molecule has 1 aromatic heterocycles. The van der Waals surface area contributed by atoms with Gasteiger partial charge in [-0.25, -0.2) is 0 Å². The molecule has 0 spiro atoms. The van der Waals surface area contributed by atoms with Crippen LogP contribution in [0.3, 0.4) is 0 Å². The van der Waals surface area contributed by atoms with Gasteiger partial charge in [-0.2, -0.15) is 0 Å². The maximum atomic E-state index is 11.2. The zero-order chi connectivity index (χ0) is 16.6. The Bertz CT molecular complexity index is 757. The van der Waals surface area contributed by atoms with Crippen LogP contribution in [0.5, 0.6) is 11.5 Å². The van der Waals surface area contributed by atoms with Gasteiger partial charge in [-0.3, -0.25) is 9.69 Å². The molecule has 7 heteroatoms. The van der Waals surface area contributed by atoms with Crippen molar-refractivity contribution in [2.24, 2.45) is 0 Å². The molecule has 2 N–H and O–H groups in total. The van der Waals surface area contributed by atoms with Crippen molar-refractivity contribution in [3.8, 4) is 22.8 Å². The third kappa shape index (κ3) is 3.18. The van der Waals surface area contributed by atoms with Crippen LogP contribution >= 0.6 is 11.6 Å². The van der Waals surface area contributed by atoms with Gasteiger partial charge < -0.3 is 14.7 Å². The number of hydrogen-bond donors (Lipinski definition) is 2. The fourth-order valence-electron chi connectivity index (χ4n) is 2.72. The predicted octanol–water partition coefficient (Wildman–Crippen LogP) is 2.74. The SMILES string of the molecule is CC(=O)CCN1CCc2noc(-c3cc(Cl)c(O)cc3O)c2C1. The molecule has 0 saturated carbocycles. The van der Waals surface area contributed by atoms with Crippen LogP contribution in [0.2, 0.25) is 5.02 Å². The van der Waals surface area contributed by atoms with Crippen LogP contribution in [-0.2, 0) is 17.8 Å². The first-order valence-corrected chi connectivity index (χ1v) is 7.74. The Morgan fingerprint density at radius 2 is 2.17 bits per heavy atom. The lowest BCUT2D eigenvalue weighted by Gasteiger charge is -2.25. The Morgan fingerprint density at radius 3 is 2.91 bits per heavy atom. The molecule has 0 amide bonds. The molecule has 0 radical (unpaired) electrons. The topological polar surface area (TPSA) is 86.8 Å². The fraction of sp³-hybridized carbons (Fsp3) is 0.375. The van der Waals surface area contributed by atoms with Gasteiger partial charge in [0, 0.05) is 44.1 Å². The molecule has 0 bridgehead atoms. The van der Waals surface area contributed by atoms with Crippen molar-refractivity contribution in [2.45, 2.75) is 26.3 Å². The average Bonchev–Trinajstić information content (AvgIpc) is 2.92. The van der Waals surface area contributed by atoms with Crippen molar-refractivity contribution in [3.05, 3.63) is 28.4 Å². The Morgan fingerprint density at radius 1 is 1.39 bits per heavy atom. The predicted molar refractivity (Wildman–Crippen MR) is 84.6 cm³/mol. The minimum atomic E-state index is -0.190. The number of hydrogen-bond acceptors (Lipinski definition) is 6. The Balaban J connectivity index is 1.91. The van der Waals surface area contributed by atoms with Crippen LogP contribution < -0.4 is 0 Å². The summed E-state index contributed by atoms with van der Waals surface area (Å²) >= 11 is 5.93. The maximum absolute atomic E-state index is 11.2. The molecule has 0 fully saturated rings. The third-order valence-electron chi connectivity index (χ3n) is 4.01. The molecule has 6 nitrogen and oxygen atoms in total. The van der Waals surface area contributed by atoms with E-state index in [2.05, 4.69) is 10.1 Å². The monoisotopic (exact) mass is 336 g/mol. The molecule has 2 heterocycles. The van der Waals surface area contributed by atoms with Crippen molar-refractivity contribution < 1.29 is 19.5 Å². The van der Waals surface area contributed by atoms with Gasteiger partial charge in [0.05, 0.1) is 16.3 Å². The largest absolute Gasteiger partial charge is 0.507 e. The summed E-state index contributed by atoms with van der Waals surface area (Å²) in [5.41, 5.74) is 2.13. The van der Waals surface area contributed by atoms with Crippen molar-refractivity contribution in [1.82, 2.24) is 10.1 Å². The van der Waals surface area contributed by atoms with Crippen molar-refractivity contribution in [3.63, 3.8) is 0 Å². The Hall–Kier alpha value is -2.05. The molecular weight excluding hydrogens is 320 g/mol.